The normalized spacial score (nSPS) is 8.84. The van der Waals surface area contributed by atoms with Crippen molar-refractivity contribution in [1.29, 1.82) is 0 Å². The summed E-state index contributed by atoms with van der Waals surface area (Å²) in [5, 5.41) is 0. The van der Waals surface area contributed by atoms with Gasteiger partial charge in [-0.05, 0) is 27.2 Å². The van der Waals surface area contributed by atoms with Gasteiger partial charge in [-0.1, -0.05) is 20.1 Å². The van der Waals surface area contributed by atoms with E-state index in [4.69, 9.17) is 0 Å². The Morgan fingerprint density at radius 3 is 1.63 bits per heavy atom. The van der Waals surface area contributed by atoms with Crippen LogP contribution in [0.4, 0.5) is 0 Å². The minimum absolute atomic E-state index is 0.337. The van der Waals surface area contributed by atoms with Crippen LogP contribution in [-0.2, 0) is 29.1 Å². The maximum atomic E-state index is 10.6. The van der Waals surface area contributed by atoms with Gasteiger partial charge in [0.15, 0.2) is 0 Å². The first-order valence-electron chi connectivity index (χ1n) is 5.85. The lowest BCUT2D eigenvalue weighted by atomic mass is 10.4. The summed E-state index contributed by atoms with van der Waals surface area (Å²) in [4.78, 5) is 38.4. The standard InChI is InChI=1S/C7H12O3.C6H10O3/c1-4-5-9-10-7(8)6(2)3;1-4-8-9-6(7)5(2)3/h2,4-5H2,1,3H3;2,4H2,1,3H3. The Morgan fingerprint density at radius 2 is 1.32 bits per heavy atom. The molecule has 0 aliphatic carbocycles. The molecule has 0 saturated heterocycles. The van der Waals surface area contributed by atoms with Crippen LogP contribution in [0.3, 0.4) is 0 Å². The van der Waals surface area contributed by atoms with E-state index in [2.05, 4.69) is 32.7 Å². The summed E-state index contributed by atoms with van der Waals surface area (Å²) in [7, 11) is 0. The van der Waals surface area contributed by atoms with Crippen molar-refractivity contribution in [3.63, 3.8) is 0 Å². The molecule has 6 heteroatoms. The third-order valence-corrected chi connectivity index (χ3v) is 1.37. The molecule has 0 aromatic carbocycles. The molecule has 19 heavy (non-hydrogen) atoms. The molecule has 0 atom stereocenters. The topological polar surface area (TPSA) is 71.1 Å². The van der Waals surface area contributed by atoms with E-state index in [9.17, 15) is 9.59 Å². The van der Waals surface area contributed by atoms with E-state index in [1.165, 1.54) is 0 Å². The van der Waals surface area contributed by atoms with Crippen LogP contribution in [0.1, 0.15) is 34.1 Å². The second-order valence-electron chi connectivity index (χ2n) is 3.53. The van der Waals surface area contributed by atoms with Gasteiger partial charge in [0.2, 0.25) is 0 Å². The van der Waals surface area contributed by atoms with Gasteiger partial charge in [-0.2, -0.15) is 9.78 Å². The van der Waals surface area contributed by atoms with Crippen LogP contribution in [0.15, 0.2) is 24.3 Å². The summed E-state index contributed by atoms with van der Waals surface area (Å²) in [6.07, 6.45) is 0.823. The molecule has 110 valence electrons. The van der Waals surface area contributed by atoms with Gasteiger partial charge in [-0.25, -0.2) is 9.59 Å². The number of hydrogen-bond donors (Lipinski definition) is 0. The third-order valence-electron chi connectivity index (χ3n) is 1.37. The van der Waals surface area contributed by atoms with Crippen molar-refractivity contribution < 1.29 is 29.1 Å². The van der Waals surface area contributed by atoms with Crippen LogP contribution in [0, 0.1) is 0 Å². The minimum Gasteiger partial charge on any atom is -0.293 e. The Morgan fingerprint density at radius 1 is 0.895 bits per heavy atom. The second-order valence-corrected chi connectivity index (χ2v) is 3.53. The number of carbonyl (C=O) groups is 2. The molecule has 0 rings (SSSR count). The molecule has 0 heterocycles. The molecule has 0 bridgehead atoms. The monoisotopic (exact) mass is 274 g/mol. The van der Waals surface area contributed by atoms with Gasteiger partial charge in [0.1, 0.15) is 0 Å². The summed E-state index contributed by atoms with van der Waals surface area (Å²) < 4.78 is 0. The first-order chi connectivity index (χ1) is 8.86. The molecule has 0 saturated carbocycles. The SMILES string of the molecule is C=C(C)C(=O)OOCC.C=C(C)C(=O)OOCCC. The van der Waals surface area contributed by atoms with Crippen LogP contribution >= 0.6 is 0 Å². The molecule has 0 N–H and O–H groups in total. The van der Waals surface area contributed by atoms with E-state index in [1.807, 2.05) is 6.92 Å². The highest BCUT2D eigenvalue weighted by Crippen LogP contribution is 1.93. The van der Waals surface area contributed by atoms with Crippen molar-refractivity contribution in [3.05, 3.63) is 24.3 Å². The fourth-order valence-corrected chi connectivity index (χ4v) is 0.433. The third kappa shape index (κ3) is 14.3. The van der Waals surface area contributed by atoms with Crippen LogP contribution in [0.2, 0.25) is 0 Å². The Labute approximate surface area is 113 Å². The van der Waals surface area contributed by atoms with Gasteiger partial charge in [0.05, 0.1) is 13.2 Å². The molecule has 0 aromatic heterocycles. The summed E-state index contributed by atoms with van der Waals surface area (Å²) in [6.45, 7) is 14.3. The Bertz CT molecular complexity index is 308. The van der Waals surface area contributed by atoms with Crippen molar-refractivity contribution in [3.8, 4) is 0 Å². The summed E-state index contributed by atoms with van der Waals surface area (Å²) in [5.41, 5.74) is 0.680. The van der Waals surface area contributed by atoms with Crippen LogP contribution in [0.25, 0.3) is 0 Å². The lowest BCUT2D eigenvalue weighted by molar-refractivity contribution is -0.268. The van der Waals surface area contributed by atoms with Gasteiger partial charge in [0.25, 0.3) is 0 Å². The summed E-state index contributed by atoms with van der Waals surface area (Å²) in [5.74, 6) is -1.02. The fourth-order valence-electron chi connectivity index (χ4n) is 0.433. The first-order valence-corrected chi connectivity index (χ1v) is 5.85. The molecule has 6 nitrogen and oxygen atoms in total. The van der Waals surface area contributed by atoms with E-state index < -0.39 is 11.9 Å². The second kappa shape index (κ2) is 12.8. The Hall–Kier alpha value is -1.66. The molecular formula is C13H22O6. The maximum absolute atomic E-state index is 10.6. The Balaban J connectivity index is 0. The quantitative estimate of drug-likeness (QED) is 0.307. The van der Waals surface area contributed by atoms with Gasteiger partial charge in [-0.3, -0.25) is 9.78 Å². The van der Waals surface area contributed by atoms with Crippen LogP contribution in [0.5, 0.6) is 0 Å². The average molecular weight is 274 g/mol. The molecule has 0 spiro atoms. The number of hydrogen-bond acceptors (Lipinski definition) is 6. The van der Waals surface area contributed by atoms with Crippen LogP contribution in [-0.4, -0.2) is 25.2 Å². The molecule has 0 fully saturated rings. The van der Waals surface area contributed by atoms with Gasteiger partial charge < -0.3 is 0 Å². The summed E-state index contributed by atoms with van der Waals surface area (Å²) in [6, 6.07) is 0. The maximum Gasteiger partial charge on any atom is 0.368 e. The molecule has 0 amide bonds. The summed E-state index contributed by atoms with van der Waals surface area (Å²) >= 11 is 0. The first kappa shape index (κ1) is 19.7. The number of rotatable bonds is 7. The van der Waals surface area contributed by atoms with Crippen molar-refractivity contribution in [2.75, 3.05) is 13.2 Å². The van der Waals surface area contributed by atoms with Gasteiger partial charge >= 0.3 is 11.9 Å². The number of carbonyl (C=O) groups excluding carboxylic acids is 2. The van der Waals surface area contributed by atoms with E-state index in [1.54, 1.807) is 20.8 Å². The highest BCUT2D eigenvalue weighted by molar-refractivity contribution is 5.86. The molecule has 0 aromatic rings. The zero-order valence-electron chi connectivity index (χ0n) is 12.0. The molecule has 0 unspecified atom stereocenters. The fraction of sp³-hybridized carbons (Fsp3) is 0.538. The average Bonchev–Trinajstić information content (AvgIpc) is 2.36. The van der Waals surface area contributed by atoms with Gasteiger partial charge in [-0.15, -0.1) is 0 Å². The van der Waals surface area contributed by atoms with Crippen molar-refractivity contribution in [1.82, 2.24) is 0 Å². The smallest absolute Gasteiger partial charge is 0.293 e. The molecule has 0 aliphatic heterocycles. The highest BCUT2D eigenvalue weighted by atomic mass is 17.2. The van der Waals surface area contributed by atoms with E-state index >= 15 is 0 Å². The highest BCUT2D eigenvalue weighted by Gasteiger charge is 2.02. The predicted octanol–water partition coefficient (Wildman–Crippen LogP) is 2.50. The zero-order valence-corrected chi connectivity index (χ0v) is 12.0. The molecule has 0 radical (unpaired) electrons. The van der Waals surface area contributed by atoms with E-state index in [0.717, 1.165) is 6.42 Å². The van der Waals surface area contributed by atoms with Crippen LogP contribution < -0.4 is 0 Å². The van der Waals surface area contributed by atoms with Gasteiger partial charge in [0, 0.05) is 11.1 Å². The molecule has 0 aliphatic rings. The van der Waals surface area contributed by atoms with Crippen molar-refractivity contribution in [2.45, 2.75) is 34.1 Å². The Kier molecular flexibility index (Phi) is 13.2. The minimum atomic E-state index is -0.517. The lowest BCUT2D eigenvalue weighted by Gasteiger charge is -1.99. The van der Waals surface area contributed by atoms with E-state index in [0.29, 0.717) is 24.4 Å². The lowest BCUT2D eigenvalue weighted by Crippen LogP contribution is -2.06. The largest absolute Gasteiger partial charge is 0.368 e. The molecular weight excluding hydrogens is 252 g/mol. The van der Waals surface area contributed by atoms with Crippen molar-refractivity contribution >= 4 is 11.9 Å². The predicted molar refractivity (Wildman–Crippen MR) is 69.7 cm³/mol. The zero-order chi connectivity index (χ0) is 15.3. The van der Waals surface area contributed by atoms with Crippen molar-refractivity contribution in [2.24, 2.45) is 0 Å². The van der Waals surface area contributed by atoms with E-state index in [-0.39, 0.29) is 0 Å².